The third kappa shape index (κ3) is 3.35. The van der Waals surface area contributed by atoms with Crippen molar-refractivity contribution in [1.82, 2.24) is 14.9 Å². The molecule has 1 saturated heterocycles. The Balaban J connectivity index is 1.62. The zero-order chi connectivity index (χ0) is 21.5. The Morgan fingerprint density at radius 2 is 1.71 bits per heavy atom. The van der Waals surface area contributed by atoms with E-state index in [1.807, 2.05) is 36.4 Å². The fraction of sp³-hybridized carbons (Fsp3) is 0.261. The van der Waals surface area contributed by atoms with Crippen LogP contribution in [0.3, 0.4) is 0 Å². The SMILES string of the molecule is O=CC1c2ccccc2[C@@H](C(=O)N2CCC(=O)CC2)N1c1ccc2ccc(Cl)nc2n1. The number of fused-ring (bicyclic) bond motifs is 2. The van der Waals surface area contributed by atoms with Crippen LogP contribution in [0.1, 0.15) is 36.1 Å². The average molecular weight is 435 g/mol. The summed E-state index contributed by atoms with van der Waals surface area (Å²) in [6, 6.07) is 13.3. The molecular weight excluding hydrogens is 416 g/mol. The van der Waals surface area contributed by atoms with Gasteiger partial charge in [-0.05, 0) is 35.4 Å². The number of likely N-dealkylation sites (tertiary alicyclic amines) is 1. The van der Waals surface area contributed by atoms with Gasteiger partial charge in [0.2, 0.25) is 5.91 Å². The van der Waals surface area contributed by atoms with Crippen LogP contribution in [0.15, 0.2) is 48.5 Å². The van der Waals surface area contributed by atoms with Crippen LogP contribution < -0.4 is 4.90 Å². The van der Waals surface area contributed by atoms with Crippen LogP contribution >= 0.6 is 11.6 Å². The predicted octanol–water partition coefficient (Wildman–Crippen LogP) is 3.28. The number of ketones is 1. The van der Waals surface area contributed by atoms with Gasteiger partial charge in [-0.3, -0.25) is 9.59 Å². The van der Waals surface area contributed by atoms with E-state index in [0.29, 0.717) is 42.5 Å². The van der Waals surface area contributed by atoms with Gasteiger partial charge in [-0.2, -0.15) is 0 Å². The topological polar surface area (TPSA) is 83.5 Å². The lowest BCUT2D eigenvalue weighted by Crippen LogP contribution is -2.45. The van der Waals surface area contributed by atoms with Crippen LogP contribution in [-0.4, -0.2) is 45.9 Å². The van der Waals surface area contributed by atoms with Gasteiger partial charge in [-0.15, -0.1) is 0 Å². The second kappa shape index (κ2) is 7.74. The zero-order valence-corrected chi connectivity index (χ0v) is 17.3. The van der Waals surface area contributed by atoms with Crippen LogP contribution in [-0.2, 0) is 14.4 Å². The summed E-state index contributed by atoms with van der Waals surface area (Å²) in [6.07, 6.45) is 1.55. The van der Waals surface area contributed by atoms with Crippen molar-refractivity contribution in [3.63, 3.8) is 0 Å². The van der Waals surface area contributed by atoms with Crippen molar-refractivity contribution in [2.24, 2.45) is 0 Å². The normalized spacial score (nSPS) is 20.7. The van der Waals surface area contributed by atoms with Gasteiger partial charge in [0, 0.05) is 31.3 Å². The van der Waals surface area contributed by atoms with Crippen molar-refractivity contribution in [1.29, 1.82) is 0 Å². The number of rotatable bonds is 3. The number of halogens is 1. The van der Waals surface area contributed by atoms with Crippen molar-refractivity contribution in [2.45, 2.75) is 24.9 Å². The lowest BCUT2D eigenvalue weighted by Gasteiger charge is -2.34. The summed E-state index contributed by atoms with van der Waals surface area (Å²) in [5, 5.41) is 1.13. The van der Waals surface area contributed by atoms with Crippen molar-refractivity contribution in [3.05, 3.63) is 64.8 Å². The van der Waals surface area contributed by atoms with E-state index in [0.717, 1.165) is 22.8 Å². The molecule has 8 heteroatoms. The van der Waals surface area contributed by atoms with Gasteiger partial charge >= 0.3 is 0 Å². The third-order valence-electron chi connectivity index (χ3n) is 5.95. The number of piperidine rings is 1. The molecule has 0 aliphatic carbocycles. The van der Waals surface area contributed by atoms with Gasteiger partial charge in [-0.25, -0.2) is 9.97 Å². The fourth-order valence-corrected chi connectivity index (χ4v) is 4.56. The molecule has 1 unspecified atom stereocenters. The number of amides is 1. The summed E-state index contributed by atoms with van der Waals surface area (Å²) in [4.78, 5) is 49.8. The lowest BCUT2D eigenvalue weighted by atomic mass is 10.0. The largest absolute Gasteiger partial charge is 0.340 e. The molecule has 2 aromatic heterocycles. The Hall–Kier alpha value is -3.32. The summed E-state index contributed by atoms with van der Waals surface area (Å²) < 4.78 is 0. The molecule has 5 rings (SSSR count). The first-order valence-corrected chi connectivity index (χ1v) is 10.5. The molecule has 3 aromatic rings. The van der Waals surface area contributed by atoms with Crippen molar-refractivity contribution < 1.29 is 14.4 Å². The summed E-state index contributed by atoms with van der Waals surface area (Å²) in [5.74, 6) is 0.505. The molecule has 1 amide bonds. The highest BCUT2D eigenvalue weighted by molar-refractivity contribution is 6.29. The smallest absolute Gasteiger partial charge is 0.250 e. The van der Waals surface area contributed by atoms with E-state index >= 15 is 0 Å². The van der Waals surface area contributed by atoms with Gasteiger partial charge in [0.1, 0.15) is 35.1 Å². The molecule has 2 atom stereocenters. The minimum Gasteiger partial charge on any atom is -0.340 e. The van der Waals surface area contributed by atoms with Gasteiger partial charge in [0.25, 0.3) is 0 Å². The summed E-state index contributed by atoms with van der Waals surface area (Å²) in [5.41, 5.74) is 2.01. The van der Waals surface area contributed by atoms with Crippen molar-refractivity contribution in [2.75, 3.05) is 18.0 Å². The number of Topliss-reactive ketones (excluding diaryl/α,β-unsaturated/α-hetero) is 1. The van der Waals surface area contributed by atoms with Gasteiger partial charge in [0.15, 0.2) is 5.65 Å². The number of carbonyl (C=O) groups is 3. The van der Waals surface area contributed by atoms with E-state index in [9.17, 15) is 14.4 Å². The monoisotopic (exact) mass is 434 g/mol. The molecule has 31 heavy (non-hydrogen) atoms. The first-order chi connectivity index (χ1) is 15.1. The van der Waals surface area contributed by atoms with E-state index in [1.165, 1.54) is 0 Å². The standard InChI is InChI=1S/C23H19ClN4O3/c24-19-7-5-14-6-8-20(26-22(14)25-19)28-18(13-29)16-3-1-2-4-17(16)21(28)23(31)27-11-9-15(30)10-12-27/h1-8,13,18,21H,9-12H2/t18?,21-/m0/s1. The van der Waals surface area contributed by atoms with Crippen LogP contribution in [0.4, 0.5) is 5.82 Å². The van der Waals surface area contributed by atoms with E-state index in [-0.39, 0.29) is 11.7 Å². The first-order valence-electron chi connectivity index (χ1n) is 10.1. The zero-order valence-electron chi connectivity index (χ0n) is 16.6. The summed E-state index contributed by atoms with van der Waals surface area (Å²) >= 11 is 6.04. The number of hydrogen-bond donors (Lipinski definition) is 0. The van der Waals surface area contributed by atoms with Crippen molar-refractivity contribution >= 4 is 46.4 Å². The number of aldehydes is 1. The van der Waals surface area contributed by atoms with Crippen LogP contribution in [0.5, 0.6) is 0 Å². The number of benzene rings is 1. The Morgan fingerprint density at radius 3 is 2.45 bits per heavy atom. The second-order valence-electron chi connectivity index (χ2n) is 7.73. The summed E-state index contributed by atoms with van der Waals surface area (Å²) in [6.45, 7) is 0.774. The van der Waals surface area contributed by atoms with E-state index in [4.69, 9.17) is 11.6 Å². The first kappa shape index (κ1) is 19.6. The van der Waals surface area contributed by atoms with Gasteiger partial charge in [-0.1, -0.05) is 35.9 Å². The number of anilines is 1. The number of pyridine rings is 2. The van der Waals surface area contributed by atoms with Gasteiger partial charge < -0.3 is 14.6 Å². The number of nitrogens with zero attached hydrogens (tertiary/aromatic N) is 4. The van der Waals surface area contributed by atoms with Crippen LogP contribution in [0, 0.1) is 0 Å². The molecule has 0 spiro atoms. The lowest BCUT2D eigenvalue weighted by molar-refractivity contribution is -0.135. The Labute approximate surface area is 183 Å². The predicted molar refractivity (Wildman–Crippen MR) is 116 cm³/mol. The molecule has 4 heterocycles. The Morgan fingerprint density at radius 1 is 1.00 bits per heavy atom. The molecule has 1 aromatic carbocycles. The summed E-state index contributed by atoms with van der Waals surface area (Å²) in [7, 11) is 0. The molecular formula is C23H19ClN4O3. The maximum absolute atomic E-state index is 13.6. The quantitative estimate of drug-likeness (QED) is 0.464. The number of hydrogen-bond acceptors (Lipinski definition) is 6. The maximum atomic E-state index is 13.6. The van der Waals surface area contributed by atoms with E-state index in [1.54, 1.807) is 21.9 Å². The number of aromatic nitrogens is 2. The molecule has 0 N–H and O–H groups in total. The average Bonchev–Trinajstić information content (AvgIpc) is 3.13. The Kier molecular flexibility index (Phi) is 4.90. The van der Waals surface area contributed by atoms with E-state index in [2.05, 4.69) is 9.97 Å². The fourth-order valence-electron chi connectivity index (χ4n) is 4.41. The van der Waals surface area contributed by atoms with E-state index < -0.39 is 12.1 Å². The highest BCUT2D eigenvalue weighted by Crippen LogP contribution is 2.44. The highest BCUT2D eigenvalue weighted by Gasteiger charge is 2.44. The molecule has 7 nitrogen and oxygen atoms in total. The minimum atomic E-state index is -0.705. The van der Waals surface area contributed by atoms with Crippen LogP contribution in [0.25, 0.3) is 11.0 Å². The van der Waals surface area contributed by atoms with Gasteiger partial charge in [0.05, 0.1) is 0 Å². The molecule has 2 aliphatic rings. The molecule has 0 bridgehead atoms. The maximum Gasteiger partial charge on any atom is 0.250 e. The third-order valence-corrected chi connectivity index (χ3v) is 6.16. The number of carbonyl (C=O) groups excluding carboxylic acids is 3. The minimum absolute atomic E-state index is 0.134. The second-order valence-corrected chi connectivity index (χ2v) is 8.12. The molecule has 0 saturated carbocycles. The molecule has 156 valence electrons. The van der Waals surface area contributed by atoms with Crippen molar-refractivity contribution in [3.8, 4) is 0 Å². The molecule has 2 aliphatic heterocycles. The Bertz CT molecular complexity index is 1200. The molecule has 0 radical (unpaired) electrons. The highest BCUT2D eigenvalue weighted by atomic mass is 35.5. The molecule has 1 fully saturated rings. The van der Waals surface area contributed by atoms with Crippen LogP contribution in [0.2, 0.25) is 5.15 Å².